The Morgan fingerprint density at radius 3 is 1.51 bits per heavy atom. The van der Waals surface area contributed by atoms with Crippen molar-refractivity contribution < 1.29 is 0 Å². The Balaban J connectivity index is 0.000000575. The van der Waals surface area contributed by atoms with Gasteiger partial charge in [-0.2, -0.15) is 5.11 Å². The van der Waals surface area contributed by atoms with Crippen molar-refractivity contribution in [3.8, 4) is 0 Å². The van der Waals surface area contributed by atoms with Crippen LogP contribution < -0.4 is 28.7 Å². The highest BCUT2D eigenvalue weighted by atomic mass is 79.9. The summed E-state index contributed by atoms with van der Waals surface area (Å²) >= 11 is 17.9. The molecule has 0 amide bonds. The summed E-state index contributed by atoms with van der Waals surface area (Å²) in [5, 5.41) is 9.45. The fraction of sp³-hybridized carbons (Fsp3) is 0.0833. The van der Waals surface area contributed by atoms with E-state index in [0.29, 0.717) is 38.3 Å². The first kappa shape index (κ1) is 33.9. The predicted molar refractivity (Wildman–Crippen MR) is 166 cm³/mol. The molecule has 0 saturated heterocycles. The van der Waals surface area contributed by atoms with E-state index < -0.39 is 0 Å². The van der Waals surface area contributed by atoms with Crippen molar-refractivity contribution in [1.29, 1.82) is 0 Å². The second-order valence-corrected chi connectivity index (χ2v) is 9.27. The summed E-state index contributed by atoms with van der Waals surface area (Å²) in [6, 6.07) is 19.0. The van der Waals surface area contributed by atoms with Crippen molar-refractivity contribution in [1.82, 2.24) is 9.97 Å². The monoisotopic (exact) mass is 671 g/mol. The first-order valence-electron chi connectivity index (χ1n) is 9.62. The molecule has 0 bridgehead atoms. The number of hydrogen-bond acceptors (Lipinski definition) is 9. The highest BCUT2D eigenvalue weighted by Crippen LogP contribution is 2.33. The topological polar surface area (TPSA) is 181 Å². The van der Waals surface area contributed by atoms with Crippen molar-refractivity contribution in [3.63, 3.8) is 0 Å². The van der Waals surface area contributed by atoms with Crippen LogP contribution in [0.3, 0.4) is 0 Å². The maximum atomic E-state index is 5.77. The van der Waals surface area contributed by atoms with E-state index >= 15 is 0 Å². The lowest BCUT2D eigenvalue weighted by Gasteiger charge is -2.02. The maximum absolute atomic E-state index is 5.77. The van der Waals surface area contributed by atoms with Gasteiger partial charge in [0.25, 0.3) is 0 Å². The van der Waals surface area contributed by atoms with Crippen LogP contribution in [-0.2, 0) is 0 Å². The van der Waals surface area contributed by atoms with Gasteiger partial charge in [0, 0.05) is 20.2 Å². The number of azo groups is 1. The zero-order valence-corrected chi connectivity index (χ0v) is 22.7. The SMILES string of the molecule is C.C.Nc1cc(Br)c(N=Nc2ccc(Cl)cc2)c(N)n1.Nc1cc(Br)cc(N)n1.Nc1ccc(Cl)cc1. The highest BCUT2D eigenvalue weighted by molar-refractivity contribution is 9.10. The standard InChI is InChI=1S/C11H9BrClN5.C6H6ClN.C5H6BrN3.2CH4/c12-8-5-9(14)16-11(15)10(8)18-17-7-3-1-6(13)2-4-7;7-5-1-3-6(8)4-2-5;6-3-1-4(7)9-5(8)2-3;;/h1-5H,(H4,14,15,16);1-4H,8H2;1-2H,(H4,7,8,9);2*1H4. The summed E-state index contributed by atoms with van der Waals surface area (Å²) in [7, 11) is 0. The van der Waals surface area contributed by atoms with Gasteiger partial charge in [-0.25, -0.2) is 9.97 Å². The van der Waals surface area contributed by atoms with E-state index in [9.17, 15) is 0 Å². The first-order valence-corrected chi connectivity index (χ1v) is 12.0. The lowest BCUT2D eigenvalue weighted by molar-refractivity contribution is 1.20. The summed E-state index contributed by atoms with van der Waals surface area (Å²) in [6.07, 6.45) is 0. The summed E-state index contributed by atoms with van der Waals surface area (Å²) in [5.74, 6) is 1.41. The molecule has 0 atom stereocenters. The van der Waals surface area contributed by atoms with Crippen LogP contribution in [0.5, 0.6) is 0 Å². The quantitative estimate of drug-likeness (QED) is 0.105. The molecule has 0 radical (unpaired) electrons. The molecule has 9 nitrogen and oxygen atoms in total. The predicted octanol–water partition coefficient (Wildman–Crippen LogP) is 8.28. The molecule has 13 heteroatoms. The van der Waals surface area contributed by atoms with Gasteiger partial charge >= 0.3 is 0 Å². The van der Waals surface area contributed by atoms with Gasteiger partial charge in [-0.3, -0.25) is 0 Å². The van der Waals surface area contributed by atoms with Crippen molar-refractivity contribution in [2.75, 3.05) is 28.7 Å². The highest BCUT2D eigenvalue weighted by Gasteiger charge is 2.06. The average Bonchev–Trinajstić information content (AvgIpc) is 2.76. The van der Waals surface area contributed by atoms with Crippen LogP contribution in [0.1, 0.15) is 14.9 Å². The smallest absolute Gasteiger partial charge is 0.154 e. The molecule has 2 aromatic heterocycles. The molecule has 0 aliphatic heterocycles. The third-order valence-corrected chi connectivity index (χ3v) is 5.35. The Hall–Kier alpha value is -3.12. The molecule has 0 aliphatic rings. The van der Waals surface area contributed by atoms with E-state index in [1.54, 1.807) is 66.7 Å². The Morgan fingerprint density at radius 2 is 1.08 bits per heavy atom. The summed E-state index contributed by atoms with van der Waals surface area (Å²) in [6.45, 7) is 0. The van der Waals surface area contributed by atoms with Crippen LogP contribution in [0, 0.1) is 0 Å². The second kappa shape index (κ2) is 16.6. The molecule has 37 heavy (non-hydrogen) atoms. The molecule has 0 unspecified atom stereocenters. The minimum Gasteiger partial charge on any atom is -0.399 e. The van der Waals surface area contributed by atoms with Crippen molar-refractivity contribution >= 4 is 95.4 Å². The minimum absolute atomic E-state index is 0. The number of nitrogen functional groups attached to an aromatic ring is 5. The minimum atomic E-state index is 0. The molecule has 0 fully saturated rings. The van der Waals surface area contributed by atoms with Gasteiger partial charge in [0.05, 0.1) is 10.2 Å². The molecular weight excluding hydrogens is 645 g/mol. The largest absolute Gasteiger partial charge is 0.399 e. The lowest BCUT2D eigenvalue weighted by atomic mass is 10.3. The van der Waals surface area contributed by atoms with Gasteiger partial charge in [-0.05, 0) is 82.7 Å². The van der Waals surface area contributed by atoms with E-state index in [-0.39, 0.29) is 20.7 Å². The number of halogens is 4. The summed E-state index contributed by atoms with van der Waals surface area (Å²) in [4.78, 5) is 7.67. The molecule has 198 valence electrons. The Bertz CT molecular complexity index is 1190. The normalized spacial score (nSPS) is 9.62. The molecular formula is C24H29Br2Cl2N9. The van der Waals surface area contributed by atoms with Gasteiger partial charge in [-0.15, -0.1) is 5.11 Å². The fourth-order valence-electron chi connectivity index (χ4n) is 2.26. The Kier molecular flexibility index (Phi) is 15.2. The van der Waals surface area contributed by atoms with Crippen LogP contribution in [0.2, 0.25) is 10.0 Å². The summed E-state index contributed by atoms with van der Waals surface area (Å²) in [5.41, 5.74) is 29.2. The van der Waals surface area contributed by atoms with Crippen LogP contribution >= 0.6 is 55.1 Å². The zero-order valence-electron chi connectivity index (χ0n) is 18.0. The number of nitrogens with zero attached hydrogens (tertiary/aromatic N) is 4. The molecule has 0 spiro atoms. The van der Waals surface area contributed by atoms with Gasteiger partial charge in [0.1, 0.15) is 23.1 Å². The van der Waals surface area contributed by atoms with Crippen molar-refractivity contribution in [3.05, 3.63) is 85.7 Å². The van der Waals surface area contributed by atoms with E-state index in [4.69, 9.17) is 51.9 Å². The third-order valence-electron chi connectivity index (χ3n) is 3.78. The number of rotatable bonds is 2. The van der Waals surface area contributed by atoms with E-state index in [0.717, 1.165) is 15.2 Å². The van der Waals surface area contributed by atoms with Crippen LogP contribution in [0.15, 0.2) is 85.9 Å². The van der Waals surface area contributed by atoms with Crippen molar-refractivity contribution in [2.45, 2.75) is 14.9 Å². The third kappa shape index (κ3) is 12.6. The number of benzene rings is 2. The molecule has 10 N–H and O–H groups in total. The Labute approximate surface area is 243 Å². The molecule has 0 saturated carbocycles. The van der Waals surface area contributed by atoms with E-state index in [1.165, 1.54) is 0 Å². The Morgan fingerprint density at radius 1 is 0.622 bits per heavy atom. The van der Waals surface area contributed by atoms with Gasteiger partial charge in [0.15, 0.2) is 5.82 Å². The van der Waals surface area contributed by atoms with Crippen LogP contribution in [-0.4, -0.2) is 9.97 Å². The number of anilines is 5. The number of aromatic nitrogens is 2. The lowest BCUT2D eigenvalue weighted by Crippen LogP contribution is -1.96. The van der Waals surface area contributed by atoms with Gasteiger partial charge in [0.2, 0.25) is 0 Å². The zero-order chi connectivity index (χ0) is 26.0. The molecule has 2 heterocycles. The molecule has 2 aromatic carbocycles. The molecule has 4 aromatic rings. The van der Waals surface area contributed by atoms with E-state index in [2.05, 4.69) is 52.1 Å². The maximum Gasteiger partial charge on any atom is 0.154 e. The summed E-state index contributed by atoms with van der Waals surface area (Å²) < 4.78 is 1.50. The second-order valence-electron chi connectivity index (χ2n) is 6.63. The van der Waals surface area contributed by atoms with Crippen molar-refractivity contribution in [2.24, 2.45) is 10.2 Å². The van der Waals surface area contributed by atoms with Gasteiger partial charge < -0.3 is 28.7 Å². The molecule has 0 aliphatic carbocycles. The first-order chi connectivity index (χ1) is 16.5. The van der Waals surface area contributed by atoms with E-state index in [1.807, 2.05) is 0 Å². The average molecular weight is 674 g/mol. The number of nitrogens with two attached hydrogens (primary N) is 5. The molecule has 4 rings (SSSR count). The van der Waals surface area contributed by atoms with Gasteiger partial charge in [-0.1, -0.05) is 54.0 Å². The fourth-order valence-corrected chi connectivity index (χ4v) is 3.50. The van der Waals surface area contributed by atoms with Crippen LogP contribution in [0.4, 0.5) is 40.3 Å². The number of pyridine rings is 2. The van der Waals surface area contributed by atoms with Crippen LogP contribution in [0.25, 0.3) is 0 Å². The number of hydrogen-bond donors (Lipinski definition) is 5.